The molecular formula is Cd2Ga2O5. The molecule has 0 spiro atoms. The van der Waals surface area contributed by atoms with Crippen LogP contribution < -0.4 is 0 Å². The zero-order valence-electron chi connectivity index (χ0n) is 4.61. The zero-order chi connectivity index (χ0) is 0. The maximum Gasteiger partial charge on any atom is 3.00 e. The Morgan fingerprint density at radius 3 is 0.333 bits per heavy atom. The predicted octanol–water partition coefficient (Wildman–Crippen LogP) is -1.36. The van der Waals surface area contributed by atoms with Crippen molar-refractivity contribution in [1.29, 1.82) is 0 Å². The summed E-state index contributed by atoms with van der Waals surface area (Å²) in [5.74, 6) is 0. The molecule has 0 unspecified atom stereocenters. The van der Waals surface area contributed by atoms with E-state index in [1.807, 2.05) is 0 Å². The molecular weight excluding hydrogens is 444 g/mol. The fourth-order valence-electron chi connectivity index (χ4n) is 0. The number of hydrogen-bond acceptors (Lipinski definition) is 0. The van der Waals surface area contributed by atoms with Gasteiger partial charge in [0, 0.05) is 0 Å². The molecule has 0 fully saturated rings. The number of rotatable bonds is 0. The third kappa shape index (κ3) is 102. The van der Waals surface area contributed by atoms with Crippen LogP contribution in [-0.4, -0.2) is 39.6 Å². The summed E-state index contributed by atoms with van der Waals surface area (Å²) in [6.07, 6.45) is 0. The van der Waals surface area contributed by atoms with E-state index in [2.05, 4.69) is 0 Å². The average Bonchev–Trinajstić information content (AvgIpc) is 0. The van der Waals surface area contributed by atoms with Crippen LogP contribution in [0.3, 0.4) is 0 Å². The van der Waals surface area contributed by atoms with E-state index in [4.69, 9.17) is 0 Å². The van der Waals surface area contributed by atoms with Crippen LogP contribution in [0.5, 0.6) is 0 Å². The normalized spacial score (nSPS) is 0. The van der Waals surface area contributed by atoms with Gasteiger partial charge in [0.25, 0.3) is 0 Å². The van der Waals surface area contributed by atoms with Gasteiger partial charge in [-0.1, -0.05) is 0 Å². The van der Waals surface area contributed by atoms with Crippen molar-refractivity contribution in [2.45, 2.75) is 0 Å². The van der Waals surface area contributed by atoms with Crippen molar-refractivity contribution in [3.8, 4) is 0 Å². The predicted molar refractivity (Wildman–Crippen MR) is 14.9 cm³/mol. The van der Waals surface area contributed by atoms with Crippen molar-refractivity contribution in [2.24, 2.45) is 0 Å². The SMILES string of the molecule is [Cd+2].[Cd+2].[Ga+3].[Ga+3].[O-2].[O-2].[O-2].[O-2].[O-2]. The Morgan fingerprint density at radius 1 is 0.333 bits per heavy atom. The minimum atomic E-state index is 0. The fourth-order valence-corrected chi connectivity index (χ4v) is 0. The van der Waals surface area contributed by atoms with Crippen molar-refractivity contribution < 1.29 is 82.0 Å². The fraction of sp³-hybridized carbons (Fsp3) is 0. The van der Waals surface area contributed by atoms with Gasteiger partial charge in [-0.05, 0) is 0 Å². The van der Waals surface area contributed by atoms with Crippen LogP contribution in [0.15, 0.2) is 0 Å². The van der Waals surface area contributed by atoms with Crippen LogP contribution in [-0.2, 0) is 82.0 Å². The standard InChI is InChI=1S/2Cd.2Ga.5O/q2*+2;2*+3;5*-2. The Kier molecular flexibility index (Phi) is 2340. The zero-order valence-corrected chi connectivity index (χ0v) is 17.5. The largest absolute Gasteiger partial charge is 3.00 e. The molecule has 0 radical (unpaired) electrons. The van der Waals surface area contributed by atoms with E-state index in [0.29, 0.717) is 0 Å². The molecule has 0 aliphatic rings. The minimum absolute atomic E-state index is 0. The van der Waals surface area contributed by atoms with Gasteiger partial charge in [0.15, 0.2) is 0 Å². The molecule has 0 aromatic heterocycles. The molecule has 0 aromatic carbocycles. The molecule has 0 amide bonds. The average molecular weight is 444 g/mol. The van der Waals surface area contributed by atoms with Crippen LogP contribution in [0.4, 0.5) is 0 Å². The van der Waals surface area contributed by atoms with Gasteiger partial charge in [-0.2, -0.15) is 0 Å². The second kappa shape index (κ2) is 126. The Balaban J connectivity index is 0. The van der Waals surface area contributed by atoms with Crippen molar-refractivity contribution in [2.75, 3.05) is 0 Å². The quantitative estimate of drug-likeness (QED) is 0.407. The van der Waals surface area contributed by atoms with E-state index in [9.17, 15) is 0 Å². The first-order chi connectivity index (χ1) is 0. The van der Waals surface area contributed by atoms with Gasteiger partial charge >= 0.3 is 94.2 Å². The summed E-state index contributed by atoms with van der Waals surface area (Å²) in [5, 5.41) is 0. The molecule has 0 aliphatic heterocycles. The van der Waals surface area contributed by atoms with Crippen LogP contribution >= 0.6 is 0 Å². The van der Waals surface area contributed by atoms with Gasteiger partial charge in [-0.15, -0.1) is 0 Å². The van der Waals surface area contributed by atoms with Crippen LogP contribution in [0, 0.1) is 0 Å². The summed E-state index contributed by atoms with van der Waals surface area (Å²) in [7, 11) is 0. The monoisotopic (exact) mass is 446 g/mol. The molecule has 0 saturated carbocycles. The van der Waals surface area contributed by atoms with Gasteiger partial charge in [0.2, 0.25) is 0 Å². The molecule has 9 heavy (non-hydrogen) atoms. The Morgan fingerprint density at radius 2 is 0.333 bits per heavy atom. The van der Waals surface area contributed by atoms with E-state index in [-0.39, 0.29) is 122 Å². The van der Waals surface area contributed by atoms with Gasteiger partial charge in [0.05, 0.1) is 0 Å². The van der Waals surface area contributed by atoms with E-state index < -0.39 is 0 Å². The van der Waals surface area contributed by atoms with Gasteiger partial charge in [0.1, 0.15) is 0 Å². The first kappa shape index (κ1) is 167. The summed E-state index contributed by atoms with van der Waals surface area (Å²) in [6.45, 7) is 0. The topological polar surface area (TPSA) is 142 Å². The van der Waals surface area contributed by atoms with Gasteiger partial charge < -0.3 is 27.4 Å². The van der Waals surface area contributed by atoms with E-state index in [1.54, 1.807) is 0 Å². The summed E-state index contributed by atoms with van der Waals surface area (Å²) < 4.78 is 0. The third-order valence-electron chi connectivity index (χ3n) is 0. The summed E-state index contributed by atoms with van der Waals surface area (Å²) in [4.78, 5) is 0. The van der Waals surface area contributed by atoms with Crippen LogP contribution in [0.1, 0.15) is 0 Å². The Labute approximate surface area is 120 Å². The third-order valence-corrected chi connectivity index (χ3v) is 0. The molecule has 0 heterocycles. The molecule has 5 nitrogen and oxygen atoms in total. The van der Waals surface area contributed by atoms with Crippen molar-refractivity contribution in [1.82, 2.24) is 0 Å². The molecule has 9 heteroatoms. The second-order valence-electron chi connectivity index (χ2n) is 0. The molecule has 0 bridgehead atoms. The molecule has 0 aromatic rings. The molecule has 40 valence electrons. The molecule has 0 atom stereocenters. The van der Waals surface area contributed by atoms with Gasteiger partial charge in [-0.3, -0.25) is 0 Å². The first-order valence-electron chi connectivity index (χ1n) is 0. The number of hydrogen-bond donors (Lipinski definition) is 0. The summed E-state index contributed by atoms with van der Waals surface area (Å²) >= 11 is 0. The smallest absolute Gasteiger partial charge is 2.00 e. The molecule has 0 aliphatic carbocycles. The maximum atomic E-state index is 0. The van der Waals surface area contributed by atoms with Gasteiger partial charge in [-0.25, -0.2) is 0 Å². The van der Waals surface area contributed by atoms with Crippen LogP contribution in [0.25, 0.3) is 0 Å². The molecule has 0 rings (SSSR count). The molecule has 0 N–H and O–H groups in total. The maximum absolute atomic E-state index is 0. The summed E-state index contributed by atoms with van der Waals surface area (Å²) in [6, 6.07) is 0. The van der Waals surface area contributed by atoms with Crippen molar-refractivity contribution >= 4 is 39.6 Å². The van der Waals surface area contributed by atoms with Crippen LogP contribution in [0.2, 0.25) is 0 Å². The Bertz CT molecular complexity index is 12.9. The molecule has 0 saturated heterocycles. The minimum Gasteiger partial charge on any atom is -2.00 e. The summed E-state index contributed by atoms with van der Waals surface area (Å²) in [5.41, 5.74) is 0. The Hall–Kier alpha value is 2.92. The van der Waals surface area contributed by atoms with Crippen molar-refractivity contribution in [3.05, 3.63) is 0 Å². The van der Waals surface area contributed by atoms with E-state index in [1.165, 1.54) is 0 Å². The van der Waals surface area contributed by atoms with E-state index >= 15 is 0 Å². The van der Waals surface area contributed by atoms with Crippen molar-refractivity contribution in [3.63, 3.8) is 0 Å². The van der Waals surface area contributed by atoms with E-state index in [0.717, 1.165) is 0 Å². The first-order valence-corrected chi connectivity index (χ1v) is 0. The second-order valence-corrected chi connectivity index (χ2v) is 0.